The first kappa shape index (κ1) is 14.2. The van der Waals surface area contributed by atoms with E-state index in [1.54, 1.807) is 6.07 Å². The molecule has 6 nitrogen and oxygen atoms in total. The Kier molecular flexibility index (Phi) is 5.38. The molecule has 0 heterocycles. The van der Waals surface area contributed by atoms with Gasteiger partial charge in [0.15, 0.2) is 5.69 Å². The minimum absolute atomic E-state index is 0.144. The summed E-state index contributed by atoms with van der Waals surface area (Å²) >= 11 is 4.44. The highest BCUT2D eigenvalue weighted by Crippen LogP contribution is 2.30. The van der Waals surface area contributed by atoms with Crippen LogP contribution in [-0.4, -0.2) is 42.2 Å². The van der Waals surface area contributed by atoms with Gasteiger partial charge in [0.1, 0.15) is 12.4 Å². The second-order valence-electron chi connectivity index (χ2n) is 3.76. The van der Waals surface area contributed by atoms with Gasteiger partial charge in [0.05, 0.1) is 16.2 Å². The topological polar surface area (TPSA) is 68.0 Å². The molecule has 0 saturated heterocycles. The number of hydrogen-bond donors (Lipinski definition) is 0. The van der Waals surface area contributed by atoms with Gasteiger partial charge in [0.2, 0.25) is 0 Å². The molecule has 18 heavy (non-hydrogen) atoms. The quantitative estimate of drug-likeness (QED) is 0.342. The summed E-state index contributed by atoms with van der Waals surface area (Å²) in [5, 5.41) is 13.0. The van der Waals surface area contributed by atoms with Gasteiger partial charge in [-0.3, -0.25) is 10.1 Å². The molecule has 0 bridgehead atoms. The van der Waals surface area contributed by atoms with Crippen molar-refractivity contribution in [2.45, 2.75) is 0 Å². The van der Waals surface area contributed by atoms with E-state index in [9.17, 15) is 10.1 Å². The first-order valence-electron chi connectivity index (χ1n) is 5.18. The molecule has 0 spiro atoms. The summed E-state index contributed by atoms with van der Waals surface area (Å²) in [6, 6.07) is 4.44. The predicted molar refractivity (Wildman–Crippen MR) is 71.8 cm³/mol. The summed E-state index contributed by atoms with van der Waals surface area (Å²) in [6.07, 6.45) is 0. The third kappa shape index (κ3) is 4.21. The van der Waals surface area contributed by atoms with Gasteiger partial charge >= 0.3 is 0 Å². The number of thiocarbonyl (C=S) groups is 1. The fourth-order valence-electron chi connectivity index (χ4n) is 1.23. The number of nitro groups is 1. The predicted octanol–water partition coefficient (Wildman–Crippen LogP) is 2.27. The lowest BCUT2D eigenvalue weighted by atomic mass is 10.2. The normalized spacial score (nSPS) is 9.94. The van der Waals surface area contributed by atoms with Crippen molar-refractivity contribution in [3.05, 3.63) is 28.3 Å². The molecule has 96 valence electrons. The molecule has 0 N–H and O–H groups in total. The van der Waals surface area contributed by atoms with E-state index >= 15 is 0 Å². The second-order valence-corrected chi connectivity index (χ2v) is 3.95. The number of isothiocyanates is 1. The van der Waals surface area contributed by atoms with E-state index in [0.717, 1.165) is 6.54 Å². The molecule has 0 amide bonds. The van der Waals surface area contributed by atoms with Crippen LogP contribution in [0.3, 0.4) is 0 Å². The summed E-state index contributed by atoms with van der Waals surface area (Å²) in [4.78, 5) is 15.9. The summed E-state index contributed by atoms with van der Waals surface area (Å²) in [7, 11) is 3.84. The van der Waals surface area contributed by atoms with E-state index in [4.69, 9.17) is 4.74 Å². The summed E-state index contributed by atoms with van der Waals surface area (Å²) in [5.74, 6) is 0.437. The van der Waals surface area contributed by atoms with E-state index in [0.29, 0.717) is 12.4 Å². The molecule has 0 aromatic heterocycles. The van der Waals surface area contributed by atoms with Gasteiger partial charge in [-0.15, -0.1) is 0 Å². The lowest BCUT2D eigenvalue weighted by Gasteiger charge is -2.10. The van der Waals surface area contributed by atoms with Gasteiger partial charge in [-0.2, -0.15) is 4.99 Å². The van der Waals surface area contributed by atoms with Crippen LogP contribution in [0.15, 0.2) is 23.2 Å². The number of likely N-dealkylation sites (N-methyl/N-ethyl adjacent to an activating group) is 1. The van der Waals surface area contributed by atoms with Crippen LogP contribution in [0.5, 0.6) is 5.75 Å². The molecule has 7 heteroatoms. The molecule has 0 aliphatic rings. The molecule has 0 aliphatic heterocycles. The minimum Gasteiger partial charge on any atom is -0.492 e. The number of nitro benzene ring substituents is 1. The van der Waals surface area contributed by atoms with Gasteiger partial charge < -0.3 is 9.64 Å². The van der Waals surface area contributed by atoms with E-state index in [1.165, 1.54) is 12.1 Å². The molecule has 0 saturated carbocycles. The highest BCUT2D eigenvalue weighted by Gasteiger charge is 2.14. The molecular weight excluding hydrogens is 254 g/mol. The molecule has 1 rings (SSSR count). The molecule has 0 unspecified atom stereocenters. The van der Waals surface area contributed by atoms with Crippen LogP contribution in [0.4, 0.5) is 11.4 Å². The van der Waals surface area contributed by atoms with Crippen LogP contribution in [0.25, 0.3) is 0 Å². The Balaban J connectivity index is 2.86. The van der Waals surface area contributed by atoms with Crippen LogP contribution < -0.4 is 4.74 Å². The van der Waals surface area contributed by atoms with Gasteiger partial charge in [0, 0.05) is 6.54 Å². The van der Waals surface area contributed by atoms with Gasteiger partial charge in [-0.25, -0.2) is 0 Å². The summed E-state index contributed by atoms with van der Waals surface area (Å²) < 4.78 is 5.41. The van der Waals surface area contributed by atoms with Crippen LogP contribution >= 0.6 is 12.2 Å². The molecule has 0 aliphatic carbocycles. The summed E-state index contributed by atoms with van der Waals surface area (Å²) in [6.45, 7) is 1.19. The first-order chi connectivity index (χ1) is 8.54. The third-order valence-corrected chi connectivity index (χ3v) is 2.21. The largest absolute Gasteiger partial charge is 0.492 e. The van der Waals surface area contributed by atoms with Crippen molar-refractivity contribution in [3.63, 3.8) is 0 Å². The maximum absolute atomic E-state index is 10.9. The van der Waals surface area contributed by atoms with Gasteiger partial charge in [-0.1, -0.05) is 0 Å². The minimum atomic E-state index is -0.523. The Morgan fingerprint density at radius 1 is 1.56 bits per heavy atom. The Bertz CT molecular complexity index is 484. The van der Waals surface area contributed by atoms with Crippen LogP contribution in [0.1, 0.15) is 0 Å². The van der Waals surface area contributed by atoms with Crippen LogP contribution in [0.2, 0.25) is 0 Å². The average Bonchev–Trinajstić information content (AvgIpc) is 2.30. The zero-order chi connectivity index (χ0) is 13.5. The maximum Gasteiger partial charge on any atom is 0.299 e. The number of ether oxygens (including phenoxy) is 1. The Hall–Kier alpha value is -1.82. The fourth-order valence-corrected chi connectivity index (χ4v) is 1.33. The van der Waals surface area contributed by atoms with Crippen molar-refractivity contribution in [1.29, 1.82) is 0 Å². The average molecular weight is 267 g/mol. The van der Waals surface area contributed by atoms with Crippen molar-refractivity contribution in [2.24, 2.45) is 4.99 Å². The van der Waals surface area contributed by atoms with E-state index in [1.807, 2.05) is 19.0 Å². The number of aliphatic imine (C=N–C) groups is 1. The maximum atomic E-state index is 10.9. The zero-order valence-electron chi connectivity index (χ0n) is 10.1. The molecule has 1 aromatic carbocycles. The van der Waals surface area contributed by atoms with Crippen molar-refractivity contribution in [1.82, 2.24) is 4.90 Å². The zero-order valence-corrected chi connectivity index (χ0v) is 10.9. The lowest BCUT2D eigenvalue weighted by molar-refractivity contribution is -0.384. The van der Waals surface area contributed by atoms with Crippen molar-refractivity contribution in [3.8, 4) is 5.75 Å². The molecule has 0 fully saturated rings. The Morgan fingerprint density at radius 2 is 2.28 bits per heavy atom. The van der Waals surface area contributed by atoms with E-state index in [2.05, 4.69) is 22.4 Å². The Labute approximate surface area is 110 Å². The molecule has 0 radical (unpaired) electrons. The van der Waals surface area contributed by atoms with E-state index < -0.39 is 4.92 Å². The van der Waals surface area contributed by atoms with Gasteiger partial charge in [-0.05, 0) is 38.4 Å². The highest BCUT2D eigenvalue weighted by atomic mass is 32.1. The smallest absolute Gasteiger partial charge is 0.299 e. The Morgan fingerprint density at radius 3 is 2.83 bits per heavy atom. The number of benzene rings is 1. The molecule has 0 atom stereocenters. The highest BCUT2D eigenvalue weighted by molar-refractivity contribution is 7.78. The van der Waals surface area contributed by atoms with Crippen LogP contribution in [0, 0.1) is 10.1 Å². The summed E-state index contributed by atoms with van der Waals surface area (Å²) in [5.41, 5.74) is 0.0321. The fraction of sp³-hybridized carbons (Fsp3) is 0.364. The van der Waals surface area contributed by atoms with Crippen LogP contribution in [-0.2, 0) is 0 Å². The molecular formula is C11H13N3O3S. The SMILES string of the molecule is CN(C)CCOc1ccc(N=C=S)c([N+](=O)[O-])c1. The van der Waals surface area contributed by atoms with Crippen molar-refractivity contribution >= 4 is 28.8 Å². The lowest BCUT2D eigenvalue weighted by Crippen LogP contribution is -2.19. The van der Waals surface area contributed by atoms with Crippen molar-refractivity contribution in [2.75, 3.05) is 27.2 Å². The monoisotopic (exact) mass is 267 g/mol. The van der Waals surface area contributed by atoms with Crippen molar-refractivity contribution < 1.29 is 9.66 Å². The standard InChI is InChI=1S/C11H13N3O3S/c1-13(2)5-6-17-9-3-4-10(12-8-18)11(7-9)14(15)16/h3-4,7H,5-6H2,1-2H3. The molecule has 1 aromatic rings. The third-order valence-electron chi connectivity index (χ3n) is 2.12. The number of nitrogens with zero attached hydrogens (tertiary/aromatic N) is 3. The van der Waals surface area contributed by atoms with Gasteiger partial charge in [0.25, 0.3) is 5.69 Å². The number of rotatable bonds is 6. The van der Waals surface area contributed by atoms with E-state index in [-0.39, 0.29) is 11.4 Å². The first-order valence-corrected chi connectivity index (χ1v) is 5.59. The number of hydrogen-bond acceptors (Lipinski definition) is 6. The second kappa shape index (κ2) is 6.80.